The van der Waals surface area contributed by atoms with Gasteiger partial charge in [-0.25, -0.2) is 0 Å². The van der Waals surface area contributed by atoms with Crippen LogP contribution in [0.5, 0.6) is 0 Å². The summed E-state index contributed by atoms with van der Waals surface area (Å²) < 4.78 is 0. The van der Waals surface area contributed by atoms with Crippen molar-refractivity contribution in [2.45, 2.75) is 0 Å². The Morgan fingerprint density at radius 2 is 1.67 bits per heavy atom. The molecule has 0 unspecified atom stereocenters. The van der Waals surface area contributed by atoms with Gasteiger partial charge in [0.1, 0.15) is 0 Å². The van der Waals surface area contributed by atoms with Gasteiger partial charge >= 0.3 is 0 Å². The second kappa shape index (κ2) is 3.46. The first kappa shape index (κ1) is 10.2. The fraction of sp³-hybridized carbons (Fsp3) is 0. The van der Waals surface area contributed by atoms with Gasteiger partial charge in [-0.05, 0) is 18.2 Å². The van der Waals surface area contributed by atoms with Crippen molar-refractivity contribution in [2.75, 3.05) is 0 Å². The van der Waals surface area contributed by atoms with Crippen molar-refractivity contribution in [3.05, 3.63) is 28.2 Å². The van der Waals surface area contributed by atoms with Crippen LogP contribution in [0.4, 0.5) is 0 Å². The van der Waals surface area contributed by atoms with Crippen LogP contribution in [0, 0.1) is 0 Å². The third-order valence-corrected chi connectivity index (χ3v) is 2.86. The molecule has 12 heavy (non-hydrogen) atoms. The molecule has 0 saturated carbocycles. The summed E-state index contributed by atoms with van der Waals surface area (Å²) in [4.78, 5) is 31.5. The lowest BCUT2D eigenvalue weighted by molar-refractivity contribution is -0.421. The highest BCUT2D eigenvalue weighted by atomic mass is 35.5. The number of benzene rings is 1. The summed E-state index contributed by atoms with van der Waals surface area (Å²) in [5.41, 5.74) is 0. The van der Waals surface area contributed by atoms with Gasteiger partial charge < -0.3 is 14.7 Å². The van der Waals surface area contributed by atoms with E-state index in [0.29, 0.717) is 0 Å². The third kappa shape index (κ3) is 2.30. The summed E-state index contributed by atoms with van der Waals surface area (Å²) in [6.07, 6.45) is 0. The second-order valence-corrected chi connectivity index (χ2v) is 4.41. The molecule has 6 heteroatoms. The summed E-state index contributed by atoms with van der Waals surface area (Å²) in [5.74, 6) is 0. The van der Waals surface area contributed by atoms with Crippen molar-refractivity contribution in [3.8, 4) is 0 Å². The molecule has 0 aliphatic heterocycles. The molecule has 1 rings (SSSR count). The molecule has 0 aromatic heterocycles. The highest BCUT2D eigenvalue weighted by Gasteiger charge is 2.08. The van der Waals surface area contributed by atoms with E-state index in [1.165, 1.54) is 12.1 Å². The highest BCUT2D eigenvalue weighted by molar-refractivity contribution is 7.62. The van der Waals surface area contributed by atoms with Crippen molar-refractivity contribution in [1.82, 2.24) is 0 Å². The summed E-state index contributed by atoms with van der Waals surface area (Å²) >= 11 is 10.9. The van der Waals surface area contributed by atoms with Crippen LogP contribution in [0.1, 0.15) is 0 Å². The Labute approximate surface area is 79.8 Å². The first-order valence-electron chi connectivity index (χ1n) is 2.89. The summed E-state index contributed by atoms with van der Waals surface area (Å²) in [5, 5.41) is -0.276. The van der Waals surface area contributed by atoms with E-state index < -0.39 is 13.2 Å². The fourth-order valence-corrected chi connectivity index (χ4v) is 2.01. The van der Waals surface area contributed by atoms with E-state index in [9.17, 15) is 14.7 Å². The molecule has 0 saturated heterocycles. The molecule has 0 fully saturated rings. The van der Waals surface area contributed by atoms with Gasteiger partial charge in [0.05, 0.1) is 10.3 Å². The predicted molar refractivity (Wildman–Crippen MR) is 43.0 cm³/mol. The molecule has 1 aromatic rings. The molecular formula is C6H3Cl2O3P-2. The van der Waals surface area contributed by atoms with E-state index >= 15 is 0 Å². The Morgan fingerprint density at radius 1 is 1.08 bits per heavy atom. The Morgan fingerprint density at radius 3 is 2.08 bits per heavy atom. The van der Waals surface area contributed by atoms with Gasteiger partial charge in [0.25, 0.3) is 0 Å². The number of halogens is 2. The van der Waals surface area contributed by atoms with Gasteiger partial charge in [0.2, 0.25) is 0 Å². The van der Waals surface area contributed by atoms with Gasteiger partial charge in [-0.3, -0.25) is 0 Å². The Kier molecular flexibility index (Phi) is 2.94. The van der Waals surface area contributed by atoms with Gasteiger partial charge in [0.15, 0.2) is 0 Å². The number of rotatable bonds is 1. The van der Waals surface area contributed by atoms with E-state index in [-0.39, 0.29) is 10.0 Å². The third-order valence-electron chi connectivity index (χ3n) is 1.20. The Hall–Kier alpha value is 0.110. The molecule has 66 valence electrons. The molecule has 0 radical (unpaired) electrons. The minimum atomic E-state index is -4.77. The quantitative estimate of drug-likeness (QED) is 0.602. The van der Waals surface area contributed by atoms with Crippen LogP contribution in [-0.4, -0.2) is 0 Å². The maximum Gasteiger partial charge on any atom is 0.0949 e. The largest absolute Gasteiger partial charge is 0.683 e. The van der Waals surface area contributed by atoms with Crippen molar-refractivity contribution in [3.63, 3.8) is 0 Å². The molecule has 3 nitrogen and oxygen atoms in total. The van der Waals surface area contributed by atoms with E-state index in [1.54, 1.807) is 0 Å². The van der Waals surface area contributed by atoms with E-state index in [2.05, 4.69) is 0 Å². The summed E-state index contributed by atoms with van der Waals surface area (Å²) in [6.45, 7) is 0. The Bertz CT molecular complexity index is 297. The number of hydrogen-bond acceptors (Lipinski definition) is 3. The van der Waals surface area contributed by atoms with E-state index in [0.717, 1.165) is 6.07 Å². The minimum Gasteiger partial charge on any atom is -0.683 e. The first-order valence-corrected chi connectivity index (χ1v) is 5.19. The molecule has 0 N–H and O–H groups in total. The molecule has 0 heterocycles. The molecule has 0 aliphatic carbocycles. The van der Waals surface area contributed by atoms with Crippen LogP contribution in [0.2, 0.25) is 10.0 Å². The van der Waals surface area contributed by atoms with Crippen LogP contribution in [0.15, 0.2) is 18.2 Å². The maximum atomic E-state index is 10.5. The fourth-order valence-electron chi connectivity index (χ4n) is 0.703. The zero-order valence-corrected chi connectivity index (χ0v) is 8.07. The molecule has 0 aliphatic rings. The zero-order valence-electron chi connectivity index (χ0n) is 5.66. The average Bonchev–Trinajstić information content (AvgIpc) is 1.83. The van der Waals surface area contributed by atoms with Gasteiger partial charge in [0, 0.05) is 5.02 Å². The van der Waals surface area contributed by atoms with Crippen molar-refractivity contribution < 1.29 is 14.7 Å². The van der Waals surface area contributed by atoms with Crippen molar-refractivity contribution in [2.24, 2.45) is 0 Å². The lowest BCUT2D eigenvalue weighted by atomic mass is 10.4. The van der Waals surface area contributed by atoms with E-state index in [1.807, 2.05) is 0 Å². The predicted octanol–water partition coefficient (Wildman–Crippen LogP) is -0.538. The van der Waals surface area contributed by atoms with Gasteiger partial charge in [-0.15, -0.1) is 7.94 Å². The van der Waals surface area contributed by atoms with Crippen molar-refractivity contribution >= 4 is 36.4 Å². The van der Waals surface area contributed by atoms with E-state index in [4.69, 9.17) is 23.2 Å². The highest BCUT2D eigenvalue weighted by Crippen LogP contribution is 2.31. The molecule has 0 atom stereocenters. The minimum absolute atomic E-state index is 0.143. The summed E-state index contributed by atoms with van der Waals surface area (Å²) in [7, 11) is -4.77. The zero-order chi connectivity index (χ0) is 9.35. The Balaban J connectivity index is 3.19. The smallest absolute Gasteiger partial charge is 0.0949 e. The lowest BCUT2D eigenvalue weighted by Gasteiger charge is -2.41. The molecule has 0 spiro atoms. The average molecular weight is 225 g/mol. The molecular weight excluding hydrogens is 222 g/mol. The normalized spacial score (nSPS) is 11.8. The summed E-state index contributed by atoms with van der Waals surface area (Å²) in [6, 6.07) is 3.59. The SMILES string of the molecule is [O-][P+]([O-])([O-])c1ccc(Cl)cc1Cl. The molecule has 1 aromatic carbocycles. The number of hydrogen-bond donors (Lipinski definition) is 0. The molecule has 0 bridgehead atoms. The van der Waals surface area contributed by atoms with Gasteiger partial charge in [-0.1, -0.05) is 23.2 Å². The van der Waals surface area contributed by atoms with Crippen LogP contribution < -0.4 is 20.0 Å². The van der Waals surface area contributed by atoms with Crippen LogP contribution in [0.3, 0.4) is 0 Å². The second-order valence-electron chi connectivity index (χ2n) is 2.09. The topological polar surface area (TPSA) is 69.2 Å². The van der Waals surface area contributed by atoms with Gasteiger partial charge in [-0.2, -0.15) is 0 Å². The van der Waals surface area contributed by atoms with Crippen LogP contribution >= 0.6 is 31.1 Å². The first-order chi connectivity index (χ1) is 5.41. The monoisotopic (exact) mass is 224 g/mol. The standard InChI is InChI=1S/C6H5Cl2O3P/c7-4-1-2-6(5(8)3-4)12(9,10)11/h1-3H,(H2,9,10,11)/p-2. The maximum absolute atomic E-state index is 10.5. The molecule has 0 amide bonds. The van der Waals surface area contributed by atoms with Crippen LogP contribution in [0.25, 0.3) is 0 Å². The van der Waals surface area contributed by atoms with Crippen molar-refractivity contribution in [1.29, 1.82) is 0 Å². The van der Waals surface area contributed by atoms with Crippen LogP contribution in [-0.2, 0) is 0 Å². The lowest BCUT2D eigenvalue weighted by Crippen LogP contribution is -2.41.